The maximum Gasteiger partial charge on any atom is 0.178 e. The first-order chi connectivity index (χ1) is 11.7. The van der Waals surface area contributed by atoms with Gasteiger partial charge in [0.1, 0.15) is 4.64 Å². The first-order valence-electron chi connectivity index (χ1n) is 8.67. The van der Waals surface area contributed by atoms with Crippen molar-refractivity contribution in [2.75, 3.05) is 5.75 Å². The third-order valence-corrected chi connectivity index (χ3v) is 6.16. The summed E-state index contributed by atoms with van der Waals surface area (Å²) in [6.07, 6.45) is 8.18. The van der Waals surface area contributed by atoms with Gasteiger partial charge in [0.25, 0.3) is 0 Å². The molecule has 1 heterocycles. The van der Waals surface area contributed by atoms with Gasteiger partial charge in [-0.3, -0.25) is 0 Å². The number of aromatic amines is 1. The van der Waals surface area contributed by atoms with Crippen molar-refractivity contribution >= 4 is 36.2 Å². The SMILES string of the molecule is CCC(SCCCCCCn1ccc(=S)[nH]c1=S)c1ccccc1. The summed E-state index contributed by atoms with van der Waals surface area (Å²) in [4.78, 5) is 3.02. The van der Waals surface area contributed by atoms with Gasteiger partial charge in [-0.2, -0.15) is 11.8 Å². The first-order valence-corrected chi connectivity index (χ1v) is 10.5. The fourth-order valence-electron chi connectivity index (χ4n) is 2.70. The fourth-order valence-corrected chi connectivity index (χ4v) is 4.43. The fraction of sp³-hybridized carbons (Fsp3) is 0.474. The number of hydrogen-bond acceptors (Lipinski definition) is 3. The molecule has 0 bridgehead atoms. The van der Waals surface area contributed by atoms with Crippen LogP contribution in [0.5, 0.6) is 0 Å². The summed E-state index contributed by atoms with van der Waals surface area (Å²) in [5.74, 6) is 1.24. The molecule has 130 valence electrons. The summed E-state index contributed by atoms with van der Waals surface area (Å²) in [5, 5.41) is 0.636. The summed E-state index contributed by atoms with van der Waals surface area (Å²) in [6, 6.07) is 12.8. The molecular weight excluding hydrogens is 352 g/mol. The number of aromatic nitrogens is 2. The molecule has 0 aliphatic heterocycles. The van der Waals surface area contributed by atoms with Gasteiger partial charge in [0.05, 0.1) is 0 Å². The number of H-pyrrole nitrogens is 1. The highest BCUT2D eigenvalue weighted by Crippen LogP contribution is 2.32. The lowest BCUT2D eigenvalue weighted by Crippen LogP contribution is -2.01. The van der Waals surface area contributed by atoms with Gasteiger partial charge in [-0.15, -0.1) is 0 Å². The van der Waals surface area contributed by atoms with Crippen LogP contribution in [0.2, 0.25) is 0 Å². The molecule has 0 aliphatic carbocycles. The van der Waals surface area contributed by atoms with E-state index in [1.807, 2.05) is 12.3 Å². The van der Waals surface area contributed by atoms with Gasteiger partial charge in [0.15, 0.2) is 4.77 Å². The predicted molar refractivity (Wildman–Crippen MR) is 111 cm³/mol. The number of rotatable bonds is 10. The maximum absolute atomic E-state index is 5.28. The van der Waals surface area contributed by atoms with Gasteiger partial charge in [-0.05, 0) is 48.9 Å². The number of nitrogens with zero attached hydrogens (tertiary/aromatic N) is 1. The number of benzene rings is 1. The second kappa shape index (κ2) is 10.9. The molecule has 0 spiro atoms. The number of unbranched alkanes of at least 4 members (excludes halogenated alkanes) is 3. The van der Waals surface area contributed by atoms with E-state index in [0.29, 0.717) is 9.89 Å². The standard InChI is InChI=1S/C19H26N2S3/c1-2-17(16-10-6-5-7-11-16)24-15-9-4-3-8-13-21-14-12-18(22)20-19(21)23/h5-7,10-12,14,17H,2-4,8-9,13,15H2,1H3,(H,20,22,23). The molecule has 1 atom stereocenters. The second-order valence-electron chi connectivity index (χ2n) is 5.90. The van der Waals surface area contributed by atoms with Crippen LogP contribution in [0.4, 0.5) is 0 Å². The summed E-state index contributed by atoms with van der Waals surface area (Å²) in [5.41, 5.74) is 1.46. The van der Waals surface area contributed by atoms with Crippen molar-refractivity contribution in [3.8, 4) is 0 Å². The zero-order valence-electron chi connectivity index (χ0n) is 14.2. The molecule has 2 aromatic rings. The molecule has 0 fully saturated rings. The van der Waals surface area contributed by atoms with E-state index in [4.69, 9.17) is 24.4 Å². The maximum atomic E-state index is 5.28. The van der Waals surface area contributed by atoms with E-state index in [1.165, 1.54) is 43.4 Å². The molecule has 2 rings (SSSR count). The molecule has 2 nitrogen and oxygen atoms in total. The lowest BCUT2D eigenvalue weighted by Gasteiger charge is -2.14. The summed E-state index contributed by atoms with van der Waals surface area (Å²) in [6.45, 7) is 3.25. The van der Waals surface area contributed by atoms with Crippen LogP contribution in [-0.4, -0.2) is 15.3 Å². The Balaban J connectivity index is 1.61. The Morgan fingerprint density at radius 3 is 2.50 bits per heavy atom. The van der Waals surface area contributed by atoms with Crippen LogP contribution in [0.15, 0.2) is 42.6 Å². The second-order valence-corrected chi connectivity index (χ2v) is 8.03. The number of hydrogen-bond donors (Lipinski definition) is 1. The average Bonchev–Trinajstić information content (AvgIpc) is 2.60. The van der Waals surface area contributed by atoms with Gasteiger partial charge in [-0.1, -0.05) is 62.3 Å². The van der Waals surface area contributed by atoms with Crippen molar-refractivity contribution in [1.29, 1.82) is 0 Å². The molecule has 1 unspecified atom stereocenters. The molecule has 24 heavy (non-hydrogen) atoms. The Morgan fingerprint density at radius 2 is 1.79 bits per heavy atom. The number of aryl methyl sites for hydroxylation is 1. The number of nitrogens with one attached hydrogen (secondary N) is 1. The molecule has 1 N–H and O–H groups in total. The smallest absolute Gasteiger partial charge is 0.178 e. The van der Waals surface area contributed by atoms with E-state index in [-0.39, 0.29) is 0 Å². The van der Waals surface area contributed by atoms with Gasteiger partial charge in [0, 0.05) is 18.0 Å². The summed E-state index contributed by atoms with van der Waals surface area (Å²) >= 11 is 12.5. The third kappa shape index (κ3) is 6.54. The Bertz CT molecular complexity index is 706. The van der Waals surface area contributed by atoms with Crippen LogP contribution in [-0.2, 0) is 6.54 Å². The lowest BCUT2D eigenvalue weighted by molar-refractivity contribution is 0.570. The summed E-state index contributed by atoms with van der Waals surface area (Å²) < 4.78 is 3.51. The number of thioether (sulfide) groups is 1. The van der Waals surface area contributed by atoms with Crippen molar-refractivity contribution in [2.45, 2.75) is 50.8 Å². The highest BCUT2D eigenvalue weighted by molar-refractivity contribution is 7.99. The predicted octanol–water partition coefficient (Wildman–Crippen LogP) is 6.72. The van der Waals surface area contributed by atoms with Crippen molar-refractivity contribution in [2.24, 2.45) is 0 Å². The minimum atomic E-state index is 0.636. The molecule has 0 amide bonds. The van der Waals surface area contributed by atoms with E-state index in [9.17, 15) is 0 Å². The van der Waals surface area contributed by atoms with Crippen LogP contribution in [0.1, 0.15) is 49.8 Å². The normalized spacial score (nSPS) is 12.2. The van der Waals surface area contributed by atoms with Crippen LogP contribution < -0.4 is 0 Å². The zero-order valence-corrected chi connectivity index (χ0v) is 16.7. The Hall–Kier alpha value is -0.910. The van der Waals surface area contributed by atoms with E-state index in [2.05, 4.69) is 58.6 Å². The van der Waals surface area contributed by atoms with Crippen molar-refractivity contribution in [3.05, 3.63) is 57.6 Å². The monoisotopic (exact) mass is 378 g/mol. The molecule has 0 saturated heterocycles. The van der Waals surface area contributed by atoms with Crippen molar-refractivity contribution in [3.63, 3.8) is 0 Å². The van der Waals surface area contributed by atoms with E-state index >= 15 is 0 Å². The van der Waals surface area contributed by atoms with Gasteiger partial charge in [0.2, 0.25) is 0 Å². The van der Waals surface area contributed by atoms with Gasteiger partial charge >= 0.3 is 0 Å². The van der Waals surface area contributed by atoms with Gasteiger partial charge in [-0.25, -0.2) is 0 Å². The largest absolute Gasteiger partial charge is 0.325 e. The van der Waals surface area contributed by atoms with Crippen LogP contribution in [0.3, 0.4) is 0 Å². The van der Waals surface area contributed by atoms with Crippen LogP contribution >= 0.6 is 36.2 Å². The third-order valence-electron chi connectivity index (χ3n) is 4.05. The zero-order chi connectivity index (χ0) is 17.2. The highest BCUT2D eigenvalue weighted by Gasteiger charge is 2.08. The minimum absolute atomic E-state index is 0.636. The van der Waals surface area contributed by atoms with E-state index in [0.717, 1.165) is 11.3 Å². The highest BCUT2D eigenvalue weighted by atomic mass is 32.2. The van der Waals surface area contributed by atoms with E-state index < -0.39 is 0 Å². The van der Waals surface area contributed by atoms with Crippen LogP contribution in [0.25, 0.3) is 0 Å². The van der Waals surface area contributed by atoms with Crippen molar-refractivity contribution < 1.29 is 0 Å². The van der Waals surface area contributed by atoms with Gasteiger partial charge < -0.3 is 9.55 Å². The quantitative estimate of drug-likeness (QED) is 0.366. The minimum Gasteiger partial charge on any atom is -0.325 e. The lowest BCUT2D eigenvalue weighted by atomic mass is 10.1. The Morgan fingerprint density at radius 1 is 1.04 bits per heavy atom. The van der Waals surface area contributed by atoms with E-state index in [1.54, 1.807) is 0 Å². The molecule has 0 aliphatic rings. The van der Waals surface area contributed by atoms with Crippen LogP contribution in [0, 0.1) is 9.41 Å². The Labute approximate surface area is 159 Å². The molecule has 1 aromatic carbocycles. The summed E-state index contributed by atoms with van der Waals surface area (Å²) in [7, 11) is 0. The first kappa shape index (κ1) is 19.4. The molecule has 1 aromatic heterocycles. The molecule has 0 radical (unpaired) electrons. The Kier molecular flexibility index (Phi) is 8.78. The molecule has 0 saturated carbocycles. The van der Waals surface area contributed by atoms with Crippen molar-refractivity contribution in [1.82, 2.24) is 9.55 Å². The average molecular weight is 379 g/mol. The molecule has 5 heteroatoms. The topological polar surface area (TPSA) is 20.7 Å². The molecular formula is C19H26N2S3.